The van der Waals surface area contributed by atoms with Crippen molar-refractivity contribution in [2.45, 2.75) is 19.4 Å². The van der Waals surface area contributed by atoms with E-state index in [0.29, 0.717) is 31.0 Å². The summed E-state index contributed by atoms with van der Waals surface area (Å²) >= 11 is 0. The maximum atomic E-state index is 14.2. The summed E-state index contributed by atoms with van der Waals surface area (Å²) in [5.41, 5.74) is 0.894. The number of halogens is 1. The fraction of sp³-hybridized carbons (Fsp3) is 0.333. The van der Waals surface area contributed by atoms with Crippen LogP contribution in [-0.2, 0) is 18.3 Å². The zero-order valence-electron chi connectivity index (χ0n) is 16.4. The maximum Gasteiger partial charge on any atom is 0.230 e. The van der Waals surface area contributed by atoms with Crippen molar-refractivity contribution < 1.29 is 9.18 Å². The average molecular weight is 394 g/mol. The van der Waals surface area contributed by atoms with Gasteiger partial charge in [-0.3, -0.25) is 14.5 Å². The van der Waals surface area contributed by atoms with Crippen molar-refractivity contribution in [3.8, 4) is 0 Å². The second-order valence-corrected chi connectivity index (χ2v) is 7.56. The highest BCUT2D eigenvalue weighted by Crippen LogP contribution is 2.39. The Balaban J connectivity index is 1.55. The third kappa shape index (κ3) is 3.70. The van der Waals surface area contributed by atoms with Crippen molar-refractivity contribution in [2.24, 2.45) is 12.5 Å². The lowest BCUT2D eigenvalue weighted by Gasteiger charge is -2.50. The molecule has 0 spiro atoms. The number of hydrogen-bond donors (Lipinski definition) is 1. The number of amides is 1. The first-order valence-electron chi connectivity index (χ1n) is 9.52. The van der Waals surface area contributed by atoms with Crippen LogP contribution in [0.25, 0.3) is 0 Å². The standard InChI is InChI=1S/C21H23FN6O/c1-15(19-24-14-25-27(19)2)26-20(29)21(10-16-6-4-3-5-7-16)12-28(13-21)18-8-9-23-11-17(18)22/h3-9,11,14-15H,10,12-13H2,1-2H3,(H,26,29). The Morgan fingerprint density at radius 2 is 2.03 bits per heavy atom. The highest BCUT2D eigenvalue weighted by Gasteiger charge is 2.50. The smallest absolute Gasteiger partial charge is 0.230 e. The molecule has 1 amide bonds. The summed E-state index contributed by atoms with van der Waals surface area (Å²) in [4.78, 5) is 23.2. The molecule has 1 fully saturated rings. The van der Waals surface area contributed by atoms with Crippen LogP contribution in [0.1, 0.15) is 24.4 Å². The van der Waals surface area contributed by atoms with Crippen molar-refractivity contribution in [3.63, 3.8) is 0 Å². The molecule has 29 heavy (non-hydrogen) atoms. The Bertz CT molecular complexity index is 999. The molecule has 0 saturated carbocycles. The predicted octanol–water partition coefficient (Wildman–Crippen LogP) is 2.28. The van der Waals surface area contributed by atoms with Crippen molar-refractivity contribution in [1.29, 1.82) is 0 Å². The minimum atomic E-state index is -0.649. The normalized spacial score (nSPS) is 16.2. The van der Waals surface area contributed by atoms with Gasteiger partial charge in [-0.2, -0.15) is 5.10 Å². The van der Waals surface area contributed by atoms with Crippen molar-refractivity contribution >= 4 is 11.6 Å². The van der Waals surface area contributed by atoms with Gasteiger partial charge in [0.1, 0.15) is 12.2 Å². The summed E-state index contributed by atoms with van der Waals surface area (Å²) in [6.45, 7) is 2.75. The van der Waals surface area contributed by atoms with Crippen LogP contribution in [0.15, 0.2) is 55.1 Å². The molecule has 8 heteroatoms. The SMILES string of the molecule is CC(NC(=O)C1(Cc2ccccc2)CN(c2ccncc2F)C1)c1ncnn1C. The third-order valence-electron chi connectivity index (χ3n) is 5.43. The second kappa shape index (κ2) is 7.62. The molecule has 1 unspecified atom stereocenters. The highest BCUT2D eigenvalue weighted by atomic mass is 19.1. The lowest BCUT2D eigenvalue weighted by molar-refractivity contribution is -0.133. The first kappa shape index (κ1) is 19.0. The molecule has 1 aliphatic rings. The van der Waals surface area contributed by atoms with E-state index in [0.717, 1.165) is 5.56 Å². The summed E-state index contributed by atoms with van der Waals surface area (Å²) in [7, 11) is 1.79. The van der Waals surface area contributed by atoms with Crippen LogP contribution in [0.4, 0.5) is 10.1 Å². The van der Waals surface area contributed by atoms with E-state index >= 15 is 0 Å². The summed E-state index contributed by atoms with van der Waals surface area (Å²) in [6.07, 6.45) is 4.80. The molecule has 1 aromatic carbocycles. The fourth-order valence-electron chi connectivity index (χ4n) is 3.91. The minimum absolute atomic E-state index is 0.0671. The number of aromatic nitrogens is 4. The van der Waals surface area contributed by atoms with E-state index in [1.165, 1.54) is 12.5 Å². The first-order chi connectivity index (χ1) is 14.0. The average Bonchev–Trinajstić information content (AvgIpc) is 3.12. The highest BCUT2D eigenvalue weighted by molar-refractivity contribution is 5.87. The number of nitrogens with zero attached hydrogens (tertiary/aromatic N) is 5. The number of benzene rings is 1. The fourth-order valence-corrected chi connectivity index (χ4v) is 3.91. The van der Waals surface area contributed by atoms with Crippen LogP contribution in [0.2, 0.25) is 0 Å². The van der Waals surface area contributed by atoms with Crippen LogP contribution < -0.4 is 10.2 Å². The number of carbonyl (C=O) groups excluding carboxylic acids is 1. The Hall–Kier alpha value is -3.29. The molecule has 1 N–H and O–H groups in total. The minimum Gasteiger partial charge on any atom is -0.367 e. The quantitative estimate of drug-likeness (QED) is 0.694. The van der Waals surface area contributed by atoms with E-state index in [1.807, 2.05) is 42.2 Å². The van der Waals surface area contributed by atoms with E-state index < -0.39 is 5.41 Å². The molecule has 3 aromatic rings. The predicted molar refractivity (Wildman–Crippen MR) is 107 cm³/mol. The zero-order valence-corrected chi connectivity index (χ0v) is 16.4. The number of aryl methyl sites for hydroxylation is 1. The molecule has 0 aliphatic carbocycles. The van der Waals surface area contributed by atoms with Crippen molar-refractivity contribution in [3.05, 3.63) is 72.3 Å². The number of hydrogen-bond acceptors (Lipinski definition) is 5. The van der Waals surface area contributed by atoms with Gasteiger partial charge < -0.3 is 10.2 Å². The number of rotatable bonds is 6. The maximum absolute atomic E-state index is 14.2. The summed E-state index contributed by atoms with van der Waals surface area (Å²) in [5, 5.41) is 7.15. The number of nitrogens with one attached hydrogen (secondary N) is 1. The summed E-state index contributed by atoms with van der Waals surface area (Å²) in [5.74, 6) is 0.237. The van der Waals surface area contributed by atoms with Gasteiger partial charge in [0.15, 0.2) is 5.82 Å². The Labute approximate surface area is 168 Å². The monoisotopic (exact) mass is 394 g/mol. The van der Waals surface area contributed by atoms with E-state index in [1.54, 1.807) is 24.0 Å². The first-order valence-corrected chi connectivity index (χ1v) is 9.52. The lowest BCUT2D eigenvalue weighted by Crippen LogP contribution is -2.65. The third-order valence-corrected chi connectivity index (χ3v) is 5.43. The summed E-state index contributed by atoms with van der Waals surface area (Å²) in [6, 6.07) is 11.3. The van der Waals surface area contributed by atoms with Gasteiger partial charge in [-0.1, -0.05) is 30.3 Å². The van der Waals surface area contributed by atoms with E-state index in [4.69, 9.17) is 0 Å². The van der Waals surface area contributed by atoms with Crippen LogP contribution in [0, 0.1) is 11.2 Å². The van der Waals surface area contributed by atoms with Gasteiger partial charge in [0.25, 0.3) is 0 Å². The van der Waals surface area contributed by atoms with E-state index in [9.17, 15) is 9.18 Å². The second-order valence-electron chi connectivity index (χ2n) is 7.56. The molecular formula is C21H23FN6O. The van der Waals surface area contributed by atoms with Crippen LogP contribution in [0.3, 0.4) is 0 Å². The van der Waals surface area contributed by atoms with Gasteiger partial charge in [0, 0.05) is 26.3 Å². The van der Waals surface area contributed by atoms with Crippen molar-refractivity contribution in [1.82, 2.24) is 25.1 Å². The zero-order chi connectivity index (χ0) is 20.4. The Kier molecular flexibility index (Phi) is 5.00. The Morgan fingerprint density at radius 3 is 2.69 bits per heavy atom. The lowest BCUT2D eigenvalue weighted by atomic mass is 9.73. The number of carbonyl (C=O) groups is 1. The molecule has 0 bridgehead atoms. The molecule has 7 nitrogen and oxygen atoms in total. The van der Waals surface area contributed by atoms with Crippen LogP contribution in [-0.4, -0.2) is 38.7 Å². The van der Waals surface area contributed by atoms with Gasteiger partial charge in [0.2, 0.25) is 5.91 Å². The van der Waals surface area contributed by atoms with Gasteiger partial charge in [-0.05, 0) is 25.0 Å². The Morgan fingerprint density at radius 1 is 1.28 bits per heavy atom. The molecule has 0 radical (unpaired) electrons. The van der Waals surface area contributed by atoms with Gasteiger partial charge in [-0.15, -0.1) is 0 Å². The van der Waals surface area contributed by atoms with E-state index in [-0.39, 0.29) is 17.8 Å². The molecule has 1 atom stereocenters. The largest absolute Gasteiger partial charge is 0.367 e. The molecule has 3 heterocycles. The molecule has 2 aromatic heterocycles. The summed E-state index contributed by atoms with van der Waals surface area (Å²) < 4.78 is 15.8. The molecule has 4 rings (SSSR count). The van der Waals surface area contributed by atoms with Gasteiger partial charge in [0.05, 0.1) is 23.3 Å². The number of pyridine rings is 1. The molecule has 1 saturated heterocycles. The van der Waals surface area contributed by atoms with Gasteiger partial charge in [-0.25, -0.2) is 9.37 Å². The van der Waals surface area contributed by atoms with Gasteiger partial charge >= 0.3 is 0 Å². The molecule has 150 valence electrons. The van der Waals surface area contributed by atoms with Crippen molar-refractivity contribution in [2.75, 3.05) is 18.0 Å². The van der Waals surface area contributed by atoms with Crippen LogP contribution >= 0.6 is 0 Å². The number of anilines is 1. The van der Waals surface area contributed by atoms with E-state index in [2.05, 4.69) is 20.4 Å². The molecular weight excluding hydrogens is 371 g/mol. The van der Waals surface area contributed by atoms with Crippen LogP contribution in [0.5, 0.6) is 0 Å². The topological polar surface area (TPSA) is 75.9 Å². The molecule has 1 aliphatic heterocycles.